The summed E-state index contributed by atoms with van der Waals surface area (Å²) < 4.78 is 0. The molecule has 1 aromatic carbocycles. The van der Waals surface area contributed by atoms with Crippen LogP contribution in [0.15, 0.2) is 24.3 Å². The Bertz CT molecular complexity index is 320. The van der Waals surface area contributed by atoms with Gasteiger partial charge < -0.3 is 5.73 Å². The lowest BCUT2D eigenvalue weighted by molar-refractivity contribution is 0.412. The van der Waals surface area contributed by atoms with Crippen LogP contribution in [0, 0.1) is 0 Å². The molecule has 0 heterocycles. The number of hydrogen-bond donors (Lipinski definition) is 1. The maximum Gasteiger partial charge on any atom is -0.00350 e. The van der Waals surface area contributed by atoms with Crippen molar-refractivity contribution in [3.8, 4) is 0 Å². The molecule has 1 aliphatic carbocycles. The van der Waals surface area contributed by atoms with Gasteiger partial charge in [-0.15, -0.1) is 0 Å². The van der Waals surface area contributed by atoms with Gasteiger partial charge in [-0.25, -0.2) is 0 Å². The maximum absolute atomic E-state index is 5.79. The molecule has 1 aliphatic rings. The molecule has 0 aromatic heterocycles. The van der Waals surface area contributed by atoms with Crippen molar-refractivity contribution in [1.29, 1.82) is 0 Å². The van der Waals surface area contributed by atoms with E-state index in [4.69, 9.17) is 5.73 Å². The van der Waals surface area contributed by atoms with Crippen LogP contribution >= 0.6 is 0 Å². The topological polar surface area (TPSA) is 26.0 Å². The summed E-state index contributed by atoms with van der Waals surface area (Å²) in [5, 5.41) is 0. The molecule has 1 aromatic rings. The van der Waals surface area contributed by atoms with Crippen molar-refractivity contribution < 1.29 is 0 Å². The second kappa shape index (κ2) is 5.01. The molecule has 1 saturated carbocycles. The summed E-state index contributed by atoms with van der Waals surface area (Å²) in [6.45, 7) is 3.02. The largest absolute Gasteiger partial charge is 0.330 e. The summed E-state index contributed by atoms with van der Waals surface area (Å²) in [7, 11) is 0. The minimum Gasteiger partial charge on any atom is -0.330 e. The molecular formula is C15H23N. The van der Waals surface area contributed by atoms with E-state index >= 15 is 0 Å². The Balaban J connectivity index is 2.24. The fourth-order valence-corrected chi connectivity index (χ4v) is 3.11. The van der Waals surface area contributed by atoms with Gasteiger partial charge in [-0.1, -0.05) is 44.0 Å². The summed E-state index contributed by atoms with van der Waals surface area (Å²) in [6, 6.07) is 9.23. The summed E-state index contributed by atoms with van der Waals surface area (Å²) >= 11 is 0. The zero-order valence-electron chi connectivity index (χ0n) is 10.3. The van der Waals surface area contributed by atoms with E-state index in [2.05, 4.69) is 31.2 Å². The van der Waals surface area contributed by atoms with Crippen molar-refractivity contribution in [1.82, 2.24) is 0 Å². The van der Waals surface area contributed by atoms with Crippen LogP contribution in [0.3, 0.4) is 0 Å². The van der Waals surface area contributed by atoms with Crippen molar-refractivity contribution in [3.05, 3.63) is 35.4 Å². The zero-order chi connectivity index (χ0) is 11.4. The van der Waals surface area contributed by atoms with Crippen LogP contribution in [0.5, 0.6) is 0 Å². The van der Waals surface area contributed by atoms with E-state index in [1.807, 2.05) is 0 Å². The number of benzene rings is 1. The van der Waals surface area contributed by atoms with Crippen LogP contribution in [0.1, 0.15) is 50.2 Å². The second-order valence-corrected chi connectivity index (χ2v) is 5.08. The maximum atomic E-state index is 5.79. The number of aryl methyl sites for hydroxylation is 1. The highest BCUT2D eigenvalue weighted by Crippen LogP contribution is 2.43. The molecule has 0 radical (unpaired) electrons. The quantitative estimate of drug-likeness (QED) is 0.821. The Hall–Kier alpha value is -0.820. The normalized spacial score (nSPS) is 18.9. The van der Waals surface area contributed by atoms with Crippen molar-refractivity contribution in [2.45, 2.75) is 50.9 Å². The lowest BCUT2D eigenvalue weighted by Gasteiger charge is -2.29. The molecule has 0 aliphatic heterocycles. The lowest BCUT2D eigenvalue weighted by Crippen LogP contribution is -2.25. The van der Waals surface area contributed by atoms with E-state index in [0.29, 0.717) is 5.41 Å². The Morgan fingerprint density at radius 2 is 1.75 bits per heavy atom. The first kappa shape index (κ1) is 11.7. The highest BCUT2D eigenvalue weighted by Gasteiger charge is 2.34. The van der Waals surface area contributed by atoms with Crippen molar-refractivity contribution in [3.63, 3.8) is 0 Å². The van der Waals surface area contributed by atoms with Gasteiger partial charge in [-0.05, 0) is 48.8 Å². The average molecular weight is 217 g/mol. The molecule has 0 amide bonds. The first-order chi connectivity index (χ1) is 7.80. The lowest BCUT2D eigenvalue weighted by atomic mass is 9.76. The third-order valence-electron chi connectivity index (χ3n) is 4.16. The molecule has 0 saturated heterocycles. The van der Waals surface area contributed by atoms with Gasteiger partial charge in [0.25, 0.3) is 0 Å². The zero-order valence-corrected chi connectivity index (χ0v) is 10.3. The molecule has 16 heavy (non-hydrogen) atoms. The van der Waals surface area contributed by atoms with Gasteiger partial charge in [0.15, 0.2) is 0 Å². The van der Waals surface area contributed by atoms with Gasteiger partial charge in [-0.2, -0.15) is 0 Å². The molecule has 0 atom stereocenters. The fraction of sp³-hybridized carbons (Fsp3) is 0.600. The molecule has 0 unspecified atom stereocenters. The molecule has 0 spiro atoms. The molecule has 1 fully saturated rings. The first-order valence-electron chi connectivity index (χ1n) is 6.60. The van der Waals surface area contributed by atoms with E-state index in [9.17, 15) is 0 Å². The SMILES string of the molecule is CCc1ccc(C2(CCN)CCCC2)cc1. The van der Waals surface area contributed by atoms with Gasteiger partial charge in [0.2, 0.25) is 0 Å². The summed E-state index contributed by atoms with van der Waals surface area (Å²) in [6.07, 6.45) is 7.68. The number of rotatable bonds is 4. The third-order valence-corrected chi connectivity index (χ3v) is 4.16. The second-order valence-electron chi connectivity index (χ2n) is 5.08. The molecule has 2 rings (SSSR count). The molecule has 0 bridgehead atoms. The summed E-state index contributed by atoms with van der Waals surface area (Å²) in [5.41, 5.74) is 9.15. The van der Waals surface area contributed by atoms with Gasteiger partial charge in [0, 0.05) is 0 Å². The third kappa shape index (κ3) is 2.15. The van der Waals surface area contributed by atoms with E-state index < -0.39 is 0 Å². The van der Waals surface area contributed by atoms with Gasteiger partial charge >= 0.3 is 0 Å². The van der Waals surface area contributed by atoms with Crippen molar-refractivity contribution >= 4 is 0 Å². The average Bonchev–Trinajstić information content (AvgIpc) is 2.80. The standard InChI is InChI=1S/C15H23N/c1-2-13-5-7-14(8-6-13)15(11-12-16)9-3-4-10-15/h5-8H,2-4,9-12,16H2,1H3. The highest BCUT2D eigenvalue weighted by atomic mass is 14.5. The van der Waals surface area contributed by atoms with Crippen LogP contribution in [0.25, 0.3) is 0 Å². The molecule has 2 N–H and O–H groups in total. The predicted molar refractivity (Wildman–Crippen MR) is 69.6 cm³/mol. The van der Waals surface area contributed by atoms with Crippen LogP contribution in [0.4, 0.5) is 0 Å². The molecule has 1 heteroatoms. The smallest absolute Gasteiger partial charge is 0.00350 e. The van der Waals surface area contributed by atoms with Crippen LogP contribution < -0.4 is 5.73 Å². The van der Waals surface area contributed by atoms with Gasteiger partial charge in [0.1, 0.15) is 0 Å². The Morgan fingerprint density at radius 1 is 1.12 bits per heavy atom. The van der Waals surface area contributed by atoms with E-state index in [-0.39, 0.29) is 0 Å². The summed E-state index contributed by atoms with van der Waals surface area (Å²) in [5.74, 6) is 0. The van der Waals surface area contributed by atoms with Gasteiger partial charge in [-0.3, -0.25) is 0 Å². The first-order valence-corrected chi connectivity index (χ1v) is 6.60. The summed E-state index contributed by atoms with van der Waals surface area (Å²) in [4.78, 5) is 0. The number of nitrogens with two attached hydrogens (primary N) is 1. The molecular weight excluding hydrogens is 194 g/mol. The monoisotopic (exact) mass is 217 g/mol. The number of hydrogen-bond acceptors (Lipinski definition) is 1. The minimum absolute atomic E-state index is 0.404. The van der Waals surface area contributed by atoms with E-state index in [1.54, 1.807) is 0 Å². The van der Waals surface area contributed by atoms with Crippen molar-refractivity contribution in [2.75, 3.05) is 6.54 Å². The minimum atomic E-state index is 0.404. The van der Waals surface area contributed by atoms with E-state index in [1.165, 1.54) is 36.8 Å². The van der Waals surface area contributed by atoms with Crippen LogP contribution in [-0.4, -0.2) is 6.54 Å². The molecule has 88 valence electrons. The fourth-order valence-electron chi connectivity index (χ4n) is 3.11. The Labute approximate surface area is 99.0 Å². The van der Waals surface area contributed by atoms with Crippen LogP contribution in [-0.2, 0) is 11.8 Å². The van der Waals surface area contributed by atoms with Gasteiger partial charge in [0.05, 0.1) is 0 Å². The Kier molecular flexibility index (Phi) is 3.65. The van der Waals surface area contributed by atoms with Crippen molar-refractivity contribution in [2.24, 2.45) is 5.73 Å². The highest BCUT2D eigenvalue weighted by molar-refractivity contribution is 5.30. The van der Waals surface area contributed by atoms with Crippen LogP contribution in [0.2, 0.25) is 0 Å². The Morgan fingerprint density at radius 3 is 2.25 bits per heavy atom. The molecule has 1 nitrogen and oxygen atoms in total. The predicted octanol–water partition coefficient (Wildman–Crippen LogP) is 3.41. The van der Waals surface area contributed by atoms with E-state index in [0.717, 1.165) is 19.4 Å².